The maximum absolute atomic E-state index is 10.3. The van der Waals surface area contributed by atoms with Crippen molar-refractivity contribution in [3.05, 3.63) is 0 Å². The number of thioether (sulfide) groups is 1. The fourth-order valence-corrected chi connectivity index (χ4v) is 1.65. The van der Waals surface area contributed by atoms with Crippen LogP contribution in [0.15, 0.2) is 0 Å². The number of nitrogens with one attached hydrogen (secondary N) is 1. The summed E-state index contributed by atoms with van der Waals surface area (Å²) in [5.41, 5.74) is 0. The smallest absolute Gasteiger partial charge is 0.321 e. The average Bonchev–Trinajstić information content (AvgIpc) is 1.90. The van der Waals surface area contributed by atoms with Crippen molar-refractivity contribution in [2.45, 2.75) is 6.04 Å². The van der Waals surface area contributed by atoms with Gasteiger partial charge in [0.25, 0.3) is 0 Å². The molecule has 5 heteroatoms. The molecule has 10 heavy (non-hydrogen) atoms. The van der Waals surface area contributed by atoms with Gasteiger partial charge in [0.05, 0.1) is 0 Å². The minimum atomic E-state index is -0.734. The largest absolute Gasteiger partial charge is 0.480 e. The Balaban J connectivity index is 0.000000810. The minimum absolute atomic E-state index is 0. The Bertz CT molecular complexity index is 116. The highest BCUT2D eigenvalue weighted by Crippen LogP contribution is 2.06. The van der Waals surface area contributed by atoms with Gasteiger partial charge in [0.15, 0.2) is 0 Å². The van der Waals surface area contributed by atoms with E-state index in [1.807, 2.05) is 0 Å². The molecule has 1 aliphatic heterocycles. The van der Waals surface area contributed by atoms with Gasteiger partial charge in [-0.05, 0) is 0 Å². The molecule has 2 N–H and O–H groups in total. The molecule has 0 aliphatic carbocycles. The monoisotopic (exact) mass is 183 g/mol. The molecule has 1 heterocycles. The number of hydrogen-bond acceptors (Lipinski definition) is 3. The van der Waals surface area contributed by atoms with E-state index in [0.29, 0.717) is 5.75 Å². The lowest BCUT2D eigenvalue weighted by Gasteiger charge is -2.18. The predicted octanol–water partition coefficient (Wildman–Crippen LogP) is 0.198. The molecule has 0 aromatic rings. The quantitative estimate of drug-likeness (QED) is 0.610. The number of halogens is 1. The van der Waals surface area contributed by atoms with E-state index in [1.165, 1.54) is 0 Å². The van der Waals surface area contributed by atoms with Gasteiger partial charge in [-0.25, -0.2) is 0 Å². The Hall–Kier alpha value is 0.0700. The summed E-state index contributed by atoms with van der Waals surface area (Å²) in [6.07, 6.45) is 0. The fourth-order valence-electron chi connectivity index (χ4n) is 0.724. The van der Waals surface area contributed by atoms with Crippen molar-refractivity contribution in [1.82, 2.24) is 5.32 Å². The summed E-state index contributed by atoms with van der Waals surface area (Å²) < 4.78 is 0. The molecule has 3 nitrogen and oxygen atoms in total. The highest BCUT2D eigenvalue weighted by molar-refractivity contribution is 7.99. The molecule has 1 saturated heterocycles. The van der Waals surface area contributed by atoms with E-state index in [-0.39, 0.29) is 18.4 Å². The van der Waals surface area contributed by atoms with Crippen LogP contribution >= 0.6 is 24.2 Å². The molecule has 0 amide bonds. The summed E-state index contributed by atoms with van der Waals surface area (Å²) in [4.78, 5) is 10.3. The van der Waals surface area contributed by atoms with Crippen LogP contribution in [0.2, 0.25) is 0 Å². The maximum Gasteiger partial charge on any atom is 0.321 e. The molecule has 0 spiro atoms. The Morgan fingerprint density at radius 1 is 1.70 bits per heavy atom. The predicted molar refractivity (Wildman–Crippen MR) is 44.0 cm³/mol. The highest BCUT2D eigenvalue weighted by atomic mass is 35.5. The van der Waals surface area contributed by atoms with Crippen LogP contribution in [-0.4, -0.2) is 35.2 Å². The summed E-state index contributed by atoms with van der Waals surface area (Å²) in [5.74, 6) is 1.00. The first kappa shape index (κ1) is 10.1. The van der Waals surface area contributed by atoms with Gasteiger partial charge in [0.1, 0.15) is 6.04 Å². The zero-order chi connectivity index (χ0) is 6.69. The number of carboxylic acid groups (broad SMARTS) is 1. The normalized spacial score (nSPS) is 25.0. The molecule has 60 valence electrons. The van der Waals surface area contributed by atoms with Gasteiger partial charge in [0.2, 0.25) is 0 Å². The third-order valence-electron chi connectivity index (χ3n) is 1.22. The Morgan fingerprint density at radius 3 is 2.70 bits per heavy atom. The lowest BCUT2D eigenvalue weighted by Crippen LogP contribution is -2.43. The first-order chi connectivity index (χ1) is 4.30. The number of hydrogen-bond donors (Lipinski definition) is 2. The van der Waals surface area contributed by atoms with E-state index in [4.69, 9.17) is 5.11 Å². The van der Waals surface area contributed by atoms with E-state index < -0.39 is 5.97 Å². The molecule has 0 bridgehead atoms. The highest BCUT2D eigenvalue weighted by Gasteiger charge is 2.18. The van der Waals surface area contributed by atoms with Crippen molar-refractivity contribution in [2.24, 2.45) is 0 Å². The maximum atomic E-state index is 10.3. The topological polar surface area (TPSA) is 49.3 Å². The third-order valence-corrected chi connectivity index (χ3v) is 2.28. The first-order valence-electron chi connectivity index (χ1n) is 2.84. The second-order valence-electron chi connectivity index (χ2n) is 1.92. The molecule has 0 saturated carbocycles. The molecule has 0 aromatic heterocycles. The lowest BCUT2D eigenvalue weighted by molar-refractivity contribution is -0.138. The van der Waals surface area contributed by atoms with Crippen molar-refractivity contribution >= 4 is 30.1 Å². The number of carboxylic acids is 1. The molecular weight excluding hydrogens is 174 g/mol. The van der Waals surface area contributed by atoms with Crippen LogP contribution in [0.4, 0.5) is 0 Å². The molecule has 0 aromatic carbocycles. The summed E-state index contributed by atoms with van der Waals surface area (Å²) in [6, 6.07) is -0.316. The number of rotatable bonds is 1. The Morgan fingerprint density at radius 2 is 2.40 bits per heavy atom. The standard InChI is InChI=1S/C5H9NO2S.ClH/c7-5(8)4-3-9-2-1-6-4;/h4,6H,1-3H2,(H,7,8);1H/t4-;/m1./s1. The van der Waals surface area contributed by atoms with E-state index in [9.17, 15) is 4.79 Å². The van der Waals surface area contributed by atoms with Gasteiger partial charge in [-0.15, -0.1) is 12.4 Å². The van der Waals surface area contributed by atoms with Crippen molar-refractivity contribution in [3.63, 3.8) is 0 Å². The Labute approximate surface area is 70.0 Å². The average molecular weight is 184 g/mol. The van der Waals surface area contributed by atoms with Gasteiger partial charge < -0.3 is 10.4 Å². The van der Waals surface area contributed by atoms with Gasteiger partial charge in [-0.3, -0.25) is 4.79 Å². The fraction of sp³-hybridized carbons (Fsp3) is 0.800. The molecule has 1 aliphatic rings. The summed E-state index contributed by atoms with van der Waals surface area (Å²) in [7, 11) is 0. The van der Waals surface area contributed by atoms with Crippen molar-refractivity contribution in [1.29, 1.82) is 0 Å². The molecule has 1 atom stereocenters. The SMILES string of the molecule is Cl.O=C(O)[C@H]1CSCCN1. The van der Waals surface area contributed by atoms with Crippen LogP contribution < -0.4 is 5.32 Å². The zero-order valence-electron chi connectivity index (χ0n) is 5.37. The molecular formula is C5H10ClNO2S. The van der Waals surface area contributed by atoms with Crippen LogP contribution in [0.25, 0.3) is 0 Å². The van der Waals surface area contributed by atoms with E-state index in [2.05, 4.69) is 5.32 Å². The van der Waals surface area contributed by atoms with Crippen LogP contribution in [0.1, 0.15) is 0 Å². The van der Waals surface area contributed by atoms with Crippen LogP contribution in [0.3, 0.4) is 0 Å². The van der Waals surface area contributed by atoms with E-state index in [1.54, 1.807) is 11.8 Å². The summed E-state index contributed by atoms with van der Waals surface area (Å²) in [5, 5.41) is 11.4. The molecule has 0 unspecified atom stereocenters. The lowest BCUT2D eigenvalue weighted by atomic mass is 10.3. The van der Waals surface area contributed by atoms with Crippen LogP contribution in [-0.2, 0) is 4.79 Å². The first-order valence-corrected chi connectivity index (χ1v) is 4.00. The zero-order valence-corrected chi connectivity index (χ0v) is 7.00. The van der Waals surface area contributed by atoms with E-state index >= 15 is 0 Å². The van der Waals surface area contributed by atoms with Gasteiger partial charge in [0, 0.05) is 18.1 Å². The van der Waals surface area contributed by atoms with Gasteiger partial charge in [-0.2, -0.15) is 11.8 Å². The Kier molecular flexibility index (Phi) is 4.85. The number of carbonyl (C=O) groups is 1. The van der Waals surface area contributed by atoms with Gasteiger partial charge >= 0.3 is 5.97 Å². The van der Waals surface area contributed by atoms with Crippen LogP contribution in [0, 0.1) is 0 Å². The van der Waals surface area contributed by atoms with Gasteiger partial charge in [-0.1, -0.05) is 0 Å². The summed E-state index contributed by atoms with van der Waals surface area (Å²) >= 11 is 1.69. The van der Waals surface area contributed by atoms with E-state index in [0.717, 1.165) is 12.3 Å². The second kappa shape index (κ2) is 4.82. The second-order valence-corrected chi connectivity index (χ2v) is 3.07. The molecule has 1 fully saturated rings. The van der Waals surface area contributed by atoms with Crippen LogP contribution in [0.5, 0.6) is 0 Å². The van der Waals surface area contributed by atoms with Crippen molar-refractivity contribution in [2.75, 3.05) is 18.1 Å². The molecule has 0 radical (unpaired) electrons. The minimum Gasteiger partial charge on any atom is -0.480 e. The summed E-state index contributed by atoms with van der Waals surface area (Å²) in [6.45, 7) is 0.821. The number of aliphatic carboxylic acids is 1. The van der Waals surface area contributed by atoms with Crippen molar-refractivity contribution in [3.8, 4) is 0 Å². The third kappa shape index (κ3) is 2.77. The molecule has 1 rings (SSSR count). The van der Waals surface area contributed by atoms with Crippen molar-refractivity contribution < 1.29 is 9.90 Å².